The van der Waals surface area contributed by atoms with Gasteiger partial charge in [0.05, 0.1) is 19.9 Å². The van der Waals surface area contributed by atoms with Crippen LogP contribution in [-0.2, 0) is 6.54 Å². The number of methoxy groups -OCH3 is 2. The first-order chi connectivity index (χ1) is 8.24. The molecule has 1 saturated heterocycles. The molecule has 0 spiro atoms. The fourth-order valence-corrected chi connectivity index (χ4v) is 2.34. The van der Waals surface area contributed by atoms with Crippen molar-refractivity contribution in [3.63, 3.8) is 0 Å². The van der Waals surface area contributed by atoms with Crippen LogP contribution in [-0.4, -0.2) is 32.2 Å². The van der Waals surface area contributed by atoms with Crippen molar-refractivity contribution in [2.75, 3.05) is 33.0 Å². The van der Waals surface area contributed by atoms with E-state index >= 15 is 0 Å². The van der Waals surface area contributed by atoms with E-state index in [9.17, 15) is 0 Å². The molecule has 17 heavy (non-hydrogen) atoms. The van der Waals surface area contributed by atoms with Crippen molar-refractivity contribution < 1.29 is 9.47 Å². The highest BCUT2D eigenvalue weighted by atomic mass is 16.5. The lowest BCUT2D eigenvalue weighted by molar-refractivity contribution is 0.328. The zero-order valence-corrected chi connectivity index (χ0v) is 10.5. The largest absolute Gasteiger partial charge is 0.493 e. The fourth-order valence-electron chi connectivity index (χ4n) is 2.34. The van der Waals surface area contributed by atoms with Crippen molar-refractivity contribution in [1.82, 2.24) is 4.90 Å². The number of hydrogen-bond donors (Lipinski definition) is 1. The van der Waals surface area contributed by atoms with Gasteiger partial charge in [-0.2, -0.15) is 0 Å². The molecule has 2 rings (SSSR count). The van der Waals surface area contributed by atoms with E-state index in [2.05, 4.69) is 4.90 Å². The Bertz CT molecular complexity index is 387. The first-order valence-electron chi connectivity index (χ1n) is 5.97. The van der Waals surface area contributed by atoms with Crippen LogP contribution in [0.3, 0.4) is 0 Å². The van der Waals surface area contributed by atoms with Gasteiger partial charge in [0.25, 0.3) is 0 Å². The Balaban J connectivity index is 2.19. The maximum Gasteiger partial charge on any atom is 0.183 e. The summed E-state index contributed by atoms with van der Waals surface area (Å²) in [6.45, 7) is 3.28. The molecule has 0 atom stereocenters. The van der Waals surface area contributed by atoms with Gasteiger partial charge in [0.1, 0.15) is 0 Å². The second-order valence-corrected chi connectivity index (χ2v) is 4.40. The Kier molecular flexibility index (Phi) is 3.74. The van der Waals surface area contributed by atoms with Crippen LogP contribution in [0.25, 0.3) is 0 Å². The Morgan fingerprint density at radius 2 is 1.88 bits per heavy atom. The van der Waals surface area contributed by atoms with Crippen molar-refractivity contribution in [3.05, 3.63) is 17.7 Å². The Morgan fingerprint density at radius 1 is 1.18 bits per heavy atom. The van der Waals surface area contributed by atoms with Crippen LogP contribution in [0.1, 0.15) is 18.4 Å². The first kappa shape index (κ1) is 12.0. The summed E-state index contributed by atoms with van der Waals surface area (Å²) in [5, 5.41) is 0. The molecule has 94 valence electrons. The summed E-state index contributed by atoms with van der Waals surface area (Å²) < 4.78 is 10.5. The summed E-state index contributed by atoms with van der Waals surface area (Å²) in [6, 6.07) is 3.98. The minimum absolute atomic E-state index is 0.623. The van der Waals surface area contributed by atoms with Crippen molar-refractivity contribution in [3.8, 4) is 11.5 Å². The lowest BCUT2D eigenvalue weighted by atomic mass is 10.1. The number of hydrogen-bond acceptors (Lipinski definition) is 4. The molecule has 0 radical (unpaired) electrons. The van der Waals surface area contributed by atoms with Gasteiger partial charge in [-0.05, 0) is 43.6 Å². The Labute approximate surface area is 102 Å². The van der Waals surface area contributed by atoms with Gasteiger partial charge >= 0.3 is 0 Å². The number of nitrogens with zero attached hydrogens (tertiary/aromatic N) is 1. The Hall–Kier alpha value is -1.42. The topological polar surface area (TPSA) is 47.7 Å². The van der Waals surface area contributed by atoms with Crippen LogP contribution in [0.5, 0.6) is 11.5 Å². The van der Waals surface area contributed by atoms with Crippen molar-refractivity contribution in [2.24, 2.45) is 0 Å². The zero-order valence-electron chi connectivity index (χ0n) is 10.5. The molecule has 1 aromatic carbocycles. The highest BCUT2D eigenvalue weighted by molar-refractivity contribution is 5.62. The third-order valence-electron chi connectivity index (χ3n) is 3.17. The molecular weight excluding hydrogens is 216 g/mol. The van der Waals surface area contributed by atoms with E-state index in [1.807, 2.05) is 12.1 Å². The number of anilines is 1. The summed E-state index contributed by atoms with van der Waals surface area (Å²) in [6.07, 6.45) is 2.59. The van der Waals surface area contributed by atoms with Gasteiger partial charge in [0.15, 0.2) is 11.5 Å². The second kappa shape index (κ2) is 5.27. The van der Waals surface area contributed by atoms with Gasteiger partial charge < -0.3 is 15.2 Å². The second-order valence-electron chi connectivity index (χ2n) is 4.40. The summed E-state index contributed by atoms with van der Waals surface area (Å²) in [5.74, 6) is 1.33. The molecule has 4 heteroatoms. The maximum atomic E-state index is 5.96. The average Bonchev–Trinajstić information content (AvgIpc) is 2.81. The predicted molar refractivity (Wildman–Crippen MR) is 68.5 cm³/mol. The normalized spacial score (nSPS) is 16.1. The van der Waals surface area contributed by atoms with Gasteiger partial charge in [0, 0.05) is 6.54 Å². The van der Waals surface area contributed by atoms with E-state index in [1.54, 1.807) is 14.2 Å². The van der Waals surface area contributed by atoms with Crippen molar-refractivity contribution in [2.45, 2.75) is 19.4 Å². The van der Waals surface area contributed by atoms with E-state index in [0.29, 0.717) is 17.2 Å². The highest BCUT2D eigenvalue weighted by Crippen LogP contribution is 2.35. The number of rotatable bonds is 4. The summed E-state index contributed by atoms with van der Waals surface area (Å²) >= 11 is 0. The van der Waals surface area contributed by atoms with E-state index in [1.165, 1.54) is 31.5 Å². The van der Waals surface area contributed by atoms with Crippen LogP contribution in [0.2, 0.25) is 0 Å². The molecule has 1 aliphatic rings. The van der Waals surface area contributed by atoms with E-state index < -0.39 is 0 Å². The molecular formula is C13H20N2O2. The number of likely N-dealkylation sites (tertiary alicyclic amines) is 1. The monoisotopic (exact) mass is 236 g/mol. The molecule has 0 amide bonds. The first-order valence-corrected chi connectivity index (χ1v) is 5.97. The van der Waals surface area contributed by atoms with Crippen molar-refractivity contribution in [1.29, 1.82) is 0 Å². The highest BCUT2D eigenvalue weighted by Gasteiger charge is 2.15. The van der Waals surface area contributed by atoms with Crippen LogP contribution < -0.4 is 15.2 Å². The smallest absolute Gasteiger partial charge is 0.183 e. The van der Waals surface area contributed by atoms with Crippen LogP contribution in [0.4, 0.5) is 5.69 Å². The minimum Gasteiger partial charge on any atom is -0.493 e. The molecule has 0 saturated carbocycles. The van der Waals surface area contributed by atoms with Gasteiger partial charge in [-0.25, -0.2) is 0 Å². The fraction of sp³-hybridized carbons (Fsp3) is 0.538. The standard InChI is InChI=1S/C13H20N2O2/c1-16-12-8-10(7-11(14)13(12)17-2)9-15-5-3-4-6-15/h7-8H,3-6,9,14H2,1-2H3. The number of ether oxygens (including phenoxy) is 2. The van der Waals surface area contributed by atoms with Gasteiger partial charge in [-0.15, -0.1) is 0 Å². The number of nitrogens with two attached hydrogens (primary N) is 1. The molecule has 1 heterocycles. The molecule has 0 aromatic heterocycles. The predicted octanol–water partition coefficient (Wildman–Crippen LogP) is 1.88. The van der Waals surface area contributed by atoms with Gasteiger partial charge in [0.2, 0.25) is 0 Å². The molecule has 1 aromatic rings. The third-order valence-corrected chi connectivity index (χ3v) is 3.17. The third kappa shape index (κ3) is 2.64. The lowest BCUT2D eigenvalue weighted by Crippen LogP contribution is -2.18. The summed E-state index contributed by atoms with van der Waals surface area (Å²) in [7, 11) is 3.24. The quantitative estimate of drug-likeness (QED) is 0.811. The van der Waals surface area contributed by atoms with Gasteiger partial charge in [-0.3, -0.25) is 4.90 Å². The average molecular weight is 236 g/mol. The molecule has 0 unspecified atom stereocenters. The molecule has 4 nitrogen and oxygen atoms in total. The van der Waals surface area contributed by atoms with E-state index in [0.717, 1.165) is 6.54 Å². The van der Waals surface area contributed by atoms with Gasteiger partial charge in [-0.1, -0.05) is 0 Å². The molecule has 1 aliphatic heterocycles. The van der Waals surface area contributed by atoms with E-state index in [4.69, 9.17) is 15.2 Å². The summed E-state index contributed by atoms with van der Waals surface area (Å²) in [5.41, 5.74) is 7.78. The number of nitrogen functional groups attached to an aromatic ring is 1. The zero-order chi connectivity index (χ0) is 12.3. The SMILES string of the molecule is COc1cc(CN2CCCC2)cc(N)c1OC. The molecule has 0 bridgehead atoms. The van der Waals surface area contributed by atoms with E-state index in [-0.39, 0.29) is 0 Å². The maximum absolute atomic E-state index is 5.96. The van der Waals surface area contributed by atoms with Crippen LogP contribution in [0.15, 0.2) is 12.1 Å². The lowest BCUT2D eigenvalue weighted by Gasteiger charge is -2.17. The van der Waals surface area contributed by atoms with Crippen LogP contribution in [0, 0.1) is 0 Å². The summed E-state index contributed by atoms with van der Waals surface area (Å²) in [4.78, 5) is 2.43. The minimum atomic E-state index is 0.623. The number of benzene rings is 1. The molecule has 0 aliphatic carbocycles. The molecule has 2 N–H and O–H groups in total. The van der Waals surface area contributed by atoms with Crippen LogP contribution >= 0.6 is 0 Å². The van der Waals surface area contributed by atoms with Crippen molar-refractivity contribution >= 4 is 5.69 Å². The molecule has 1 fully saturated rings. The Morgan fingerprint density at radius 3 is 2.47 bits per heavy atom.